The van der Waals surface area contributed by atoms with E-state index in [0.29, 0.717) is 25.6 Å². The van der Waals surface area contributed by atoms with Crippen molar-refractivity contribution in [3.63, 3.8) is 0 Å². The molecule has 1 aliphatic carbocycles. The lowest BCUT2D eigenvalue weighted by molar-refractivity contribution is -0.137. The molecule has 0 heterocycles. The van der Waals surface area contributed by atoms with E-state index in [1.807, 2.05) is 4.90 Å². The van der Waals surface area contributed by atoms with Crippen molar-refractivity contribution in [2.45, 2.75) is 38.5 Å². The molecule has 1 fully saturated rings. The molecule has 4 nitrogen and oxygen atoms in total. The fourth-order valence-corrected chi connectivity index (χ4v) is 2.42. The molecule has 4 heteroatoms. The molecule has 0 atom stereocenters. The fraction of sp³-hybridized carbons (Fsp3) is 0.923. The van der Waals surface area contributed by atoms with Crippen molar-refractivity contribution in [1.29, 1.82) is 0 Å². The molecular weight excluding hydrogens is 216 g/mol. The highest BCUT2D eigenvalue weighted by molar-refractivity contribution is 5.78. The number of nitrogens with zero attached hydrogens (tertiary/aromatic N) is 1. The zero-order valence-corrected chi connectivity index (χ0v) is 11.0. The van der Waals surface area contributed by atoms with Gasteiger partial charge in [-0.25, -0.2) is 0 Å². The minimum atomic E-state index is 0.249. The normalized spacial score (nSPS) is 17.1. The zero-order chi connectivity index (χ0) is 12.5. The molecule has 1 aliphatic rings. The van der Waals surface area contributed by atoms with Gasteiger partial charge in [0, 0.05) is 26.1 Å². The van der Waals surface area contributed by atoms with Gasteiger partial charge in [-0.1, -0.05) is 19.3 Å². The number of methoxy groups -OCH3 is 1. The van der Waals surface area contributed by atoms with Crippen molar-refractivity contribution in [2.24, 2.45) is 11.7 Å². The maximum absolute atomic E-state index is 12.3. The summed E-state index contributed by atoms with van der Waals surface area (Å²) < 4.78 is 5.06. The average Bonchev–Trinajstić information content (AvgIpc) is 2.39. The number of ether oxygens (including phenoxy) is 1. The van der Waals surface area contributed by atoms with E-state index in [-0.39, 0.29) is 5.92 Å². The maximum Gasteiger partial charge on any atom is 0.225 e. The first-order valence-electron chi connectivity index (χ1n) is 6.77. The molecule has 0 aliphatic heterocycles. The molecule has 2 N–H and O–H groups in total. The third-order valence-corrected chi connectivity index (χ3v) is 3.46. The third-order valence-electron chi connectivity index (χ3n) is 3.46. The highest BCUT2D eigenvalue weighted by atomic mass is 16.5. The average molecular weight is 242 g/mol. The summed E-state index contributed by atoms with van der Waals surface area (Å²) in [6.07, 6.45) is 6.68. The predicted molar refractivity (Wildman–Crippen MR) is 68.7 cm³/mol. The van der Waals surface area contributed by atoms with Gasteiger partial charge in [-0.2, -0.15) is 0 Å². The van der Waals surface area contributed by atoms with E-state index in [9.17, 15) is 4.79 Å². The van der Waals surface area contributed by atoms with Crippen LogP contribution in [0.2, 0.25) is 0 Å². The second kappa shape index (κ2) is 8.48. The Labute approximate surface area is 104 Å². The monoisotopic (exact) mass is 242 g/mol. The molecule has 0 bridgehead atoms. The molecule has 17 heavy (non-hydrogen) atoms. The van der Waals surface area contributed by atoms with Gasteiger partial charge in [-0.15, -0.1) is 0 Å². The quantitative estimate of drug-likeness (QED) is 0.734. The Morgan fingerprint density at radius 1 is 1.29 bits per heavy atom. The fourth-order valence-electron chi connectivity index (χ4n) is 2.42. The molecule has 0 saturated heterocycles. The van der Waals surface area contributed by atoms with Crippen LogP contribution in [0.1, 0.15) is 38.5 Å². The lowest BCUT2D eigenvalue weighted by Crippen LogP contribution is -2.40. The van der Waals surface area contributed by atoms with Crippen molar-refractivity contribution < 1.29 is 9.53 Å². The number of carbonyl (C=O) groups is 1. The van der Waals surface area contributed by atoms with E-state index < -0.39 is 0 Å². The molecule has 0 spiro atoms. The Hall–Kier alpha value is -0.610. The summed E-state index contributed by atoms with van der Waals surface area (Å²) in [4.78, 5) is 14.3. The summed E-state index contributed by atoms with van der Waals surface area (Å²) in [6, 6.07) is 0. The minimum Gasteiger partial charge on any atom is -0.383 e. The highest BCUT2D eigenvalue weighted by Gasteiger charge is 2.25. The van der Waals surface area contributed by atoms with Gasteiger partial charge in [0.05, 0.1) is 6.61 Å². The molecular formula is C13H26N2O2. The summed E-state index contributed by atoms with van der Waals surface area (Å²) in [5.74, 6) is 0.564. The van der Waals surface area contributed by atoms with Crippen molar-refractivity contribution in [3.05, 3.63) is 0 Å². The van der Waals surface area contributed by atoms with Crippen LogP contribution in [0.4, 0.5) is 0 Å². The summed E-state index contributed by atoms with van der Waals surface area (Å²) in [5.41, 5.74) is 5.51. The van der Waals surface area contributed by atoms with E-state index in [1.54, 1.807) is 7.11 Å². The summed E-state index contributed by atoms with van der Waals surface area (Å²) in [6.45, 7) is 2.73. The van der Waals surface area contributed by atoms with Gasteiger partial charge in [0.2, 0.25) is 5.91 Å². The molecule has 0 aromatic rings. The Morgan fingerprint density at radius 2 is 2.00 bits per heavy atom. The van der Waals surface area contributed by atoms with Crippen LogP contribution in [0.15, 0.2) is 0 Å². The van der Waals surface area contributed by atoms with Crippen molar-refractivity contribution in [2.75, 3.05) is 33.4 Å². The van der Waals surface area contributed by atoms with E-state index in [4.69, 9.17) is 10.5 Å². The lowest BCUT2D eigenvalue weighted by Gasteiger charge is -2.29. The van der Waals surface area contributed by atoms with Crippen LogP contribution in [0.5, 0.6) is 0 Å². The first-order chi connectivity index (χ1) is 8.29. The largest absolute Gasteiger partial charge is 0.383 e. The smallest absolute Gasteiger partial charge is 0.225 e. The van der Waals surface area contributed by atoms with Gasteiger partial charge in [-0.05, 0) is 25.8 Å². The van der Waals surface area contributed by atoms with Gasteiger partial charge in [0.15, 0.2) is 0 Å². The highest BCUT2D eigenvalue weighted by Crippen LogP contribution is 2.25. The molecule has 0 radical (unpaired) electrons. The van der Waals surface area contributed by atoms with Crippen LogP contribution in [-0.4, -0.2) is 44.2 Å². The van der Waals surface area contributed by atoms with Gasteiger partial charge in [0.25, 0.3) is 0 Å². The van der Waals surface area contributed by atoms with Crippen LogP contribution >= 0.6 is 0 Å². The number of nitrogens with two attached hydrogens (primary N) is 1. The summed E-state index contributed by atoms with van der Waals surface area (Å²) >= 11 is 0. The third kappa shape index (κ3) is 5.04. The minimum absolute atomic E-state index is 0.249. The number of rotatable bonds is 7. The first-order valence-corrected chi connectivity index (χ1v) is 6.77. The molecule has 0 aromatic carbocycles. The second-order valence-electron chi connectivity index (χ2n) is 4.80. The van der Waals surface area contributed by atoms with Gasteiger partial charge >= 0.3 is 0 Å². The van der Waals surface area contributed by atoms with Crippen molar-refractivity contribution >= 4 is 5.91 Å². The van der Waals surface area contributed by atoms with Gasteiger partial charge in [-0.3, -0.25) is 4.79 Å². The van der Waals surface area contributed by atoms with Crippen molar-refractivity contribution in [1.82, 2.24) is 4.90 Å². The first kappa shape index (κ1) is 14.5. The van der Waals surface area contributed by atoms with E-state index >= 15 is 0 Å². The molecule has 1 rings (SSSR count). The van der Waals surface area contributed by atoms with E-state index in [1.165, 1.54) is 19.3 Å². The Bertz CT molecular complexity index is 207. The van der Waals surface area contributed by atoms with Crippen LogP contribution in [-0.2, 0) is 9.53 Å². The van der Waals surface area contributed by atoms with Gasteiger partial charge < -0.3 is 15.4 Å². The molecule has 0 aromatic heterocycles. The molecule has 1 amide bonds. The maximum atomic E-state index is 12.3. The lowest BCUT2D eigenvalue weighted by atomic mass is 9.88. The van der Waals surface area contributed by atoms with Crippen molar-refractivity contribution in [3.8, 4) is 0 Å². The SMILES string of the molecule is COCCN(CCCN)C(=O)C1CCCCC1. The number of hydrogen-bond acceptors (Lipinski definition) is 3. The molecule has 100 valence electrons. The summed E-state index contributed by atoms with van der Waals surface area (Å²) in [5, 5.41) is 0. The number of amides is 1. The van der Waals surface area contributed by atoms with Crippen LogP contribution in [0.3, 0.4) is 0 Å². The van der Waals surface area contributed by atoms with Gasteiger partial charge in [0.1, 0.15) is 0 Å². The standard InChI is InChI=1S/C13H26N2O2/c1-17-11-10-15(9-5-8-14)13(16)12-6-3-2-4-7-12/h12H,2-11,14H2,1H3. The second-order valence-corrected chi connectivity index (χ2v) is 4.80. The zero-order valence-electron chi connectivity index (χ0n) is 11.0. The van der Waals surface area contributed by atoms with E-state index in [0.717, 1.165) is 25.8 Å². The predicted octanol–water partition coefficient (Wildman–Crippen LogP) is 1.39. The Morgan fingerprint density at radius 3 is 2.59 bits per heavy atom. The van der Waals surface area contributed by atoms with E-state index in [2.05, 4.69) is 0 Å². The summed E-state index contributed by atoms with van der Waals surface area (Å²) in [7, 11) is 1.67. The van der Waals surface area contributed by atoms with Crippen LogP contribution in [0, 0.1) is 5.92 Å². The Kier molecular flexibility index (Phi) is 7.21. The van der Waals surface area contributed by atoms with Crippen LogP contribution in [0.25, 0.3) is 0 Å². The Balaban J connectivity index is 2.44. The van der Waals surface area contributed by atoms with Crippen LogP contribution < -0.4 is 5.73 Å². The number of carbonyl (C=O) groups excluding carboxylic acids is 1. The molecule has 0 unspecified atom stereocenters. The molecule has 1 saturated carbocycles. The number of hydrogen-bond donors (Lipinski definition) is 1. The topological polar surface area (TPSA) is 55.6 Å².